The summed E-state index contributed by atoms with van der Waals surface area (Å²) in [7, 11) is 2.19. The Hall–Kier alpha value is -1.20. The molecule has 5 nitrogen and oxygen atoms in total. The Labute approximate surface area is 128 Å². The van der Waals surface area contributed by atoms with Crippen LogP contribution in [0, 0.1) is 5.92 Å². The van der Waals surface area contributed by atoms with Crippen LogP contribution >= 0.6 is 0 Å². The number of nitrogens with zero attached hydrogens (tertiary/aromatic N) is 4. The molecule has 1 saturated heterocycles. The molecule has 0 amide bonds. The normalized spacial score (nSPS) is 19.2. The zero-order valence-electron chi connectivity index (χ0n) is 14.1. The van der Waals surface area contributed by atoms with Gasteiger partial charge in [-0.15, -0.1) is 0 Å². The summed E-state index contributed by atoms with van der Waals surface area (Å²) in [4.78, 5) is 13.9. The molecular formula is C16H29N5. The van der Waals surface area contributed by atoms with Crippen LogP contribution in [0.2, 0.25) is 0 Å². The van der Waals surface area contributed by atoms with Crippen molar-refractivity contribution < 1.29 is 0 Å². The van der Waals surface area contributed by atoms with Crippen molar-refractivity contribution in [2.45, 2.75) is 39.8 Å². The molecule has 1 aromatic rings. The van der Waals surface area contributed by atoms with Gasteiger partial charge in [0.05, 0.1) is 11.9 Å². The van der Waals surface area contributed by atoms with E-state index in [9.17, 15) is 0 Å². The number of nitrogens with one attached hydrogen (secondary N) is 1. The maximum atomic E-state index is 4.77. The Morgan fingerprint density at radius 2 is 2.05 bits per heavy atom. The van der Waals surface area contributed by atoms with Crippen LogP contribution in [0.25, 0.3) is 0 Å². The Balaban J connectivity index is 2.00. The molecule has 118 valence electrons. The van der Waals surface area contributed by atoms with Gasteiger partial charge >= 0.3 is 0 Å². The smallest absolute Gasteiger partial charge is 0.147 e. The molecule has 1 aliphatic heterocycles. The fourth-order valence-corrected chi connectivity index (χ4v) is 2.56. The van der Waals surface area contributed by atoms with Crippen molar-refractivity contribution in [1.29, 1.82) is 0 Å². The van der Waals surface area contributed by atoms with Gasteiger partial charge in [-0.25, -0.2) is 4.98 Å². The lowest BCUT2D eigenvalue weighted by Gasteiger charge is -2.45. The molecule has 0 bridgehead atoms. The van der Waals surface area contributed by atoms with Crippen molar-refractivity contribution in [3.8, 4) is 0 Å². The highest BCUT2D eigenvalue weighted by atomic mass is 15.3. The maximum absolute atomic E-state index is 4.77. The van der Waals surface area contributed by atoms with Crippen molar-refractivity contribution in [2.75, 3.05) is 38.1 Å². The number of likely N-dealkylation sites (N-methyl/N-ethyl adjacent to an activating group) is 1. The third-order valence-electron chi connectivity index (χ3n) is 4.17. The molecule has 1 fully saturated rings. The van der Waals surface area contributed by atoms with E-state index in [1.807, 2.05) is 12.4 Å². The number of piperazine rings is 1. The third kappa shape index (κ3) is 4.38. The average Bonchev–Trinajstić information content (AvgIpc) is 2.42. The molecule has 1 N–H and O–H groups in total. The van der Waals surface area contributed by atoms with E-state index in [0.717, 1.165) is 44.2 Å². The second-order valence-electron chi connectivity index (χ2n) is 7.05. The SMILES string of the molecule is CC(C)CNCc1cncc(N2CCN(C)C(C)(C)C2)n1. The molecule has 0 saturated carbocycles. The molecule has 0 spiro atoms. The summed E-state index contributed by atoms with van der Waals surface area (Å²) >= 11 is 0. The van der Waals surface area contributed by atoms with E-state index in [0.29, 0.717) is 5.92 Å². The predicted octanol–water partition coefficient (Wildman–Crippen LogP) is 1.75. The van der Waals surface area contributed by atoms with E-state index >= 15 is 0 Å². The van der Waals surface area contributed by atoms with Crippen LogP contribution in [0.1, 0.15) is 33.4 Å². The van der Waals surface area contributed by atoms with Gasteiger partial charge < -0.3 is 10.2 Å². The number of rotatable bonds is 5. The minimum atomic E-state index is 0.172. The standard InChI is InChI=1S/C16H29N5/c1-13(2)8-17-9-14-10-18-11-15(19-14)21-7-6-20(5)16(3,4)12-21/h10-11,13,17H,6-9,12H2,1-5H3. The Bertz CT molecular complexity index is 458. The topological polar surface area (TPSA) is 44.3 Å². The molecule has 0 aliphatic carbocycles. The molecule has 1 aromatic heterocycles. The zero-order chi connectivity index (χ0) is 15.5. The van der Waals surface area contributed by atoms with Crippen molar-refractivity contribution in [1.82, 2.24) is 20.2 Å². The van der Waals surface area contributed by atoms with E-state index in [1.165, 1.54) is 0 Å². The van der Waals surface area contributed by atoms with Crippen molar-refractivity contribution in [3.05, 3.63) is 18.1 Å². The molecule has 1 aliphatic rings. The second-order valence-corrected chi connectivity index (χ2v) is 7.05. The van der Waals surface area contributed by atoms with E-state index in [-0.39, 0.29) is 5.54 Å². The number of hydrogen-bond donors (Lipinski definition) is 1. The van der Waals surface area contributed by atoms with E-state index < -0.39 is 0 Å². The summed E-state index contributed by atoms with van der Waals surface area (Å²) in [6.45, 7) is 13.8. The summed E-state index contributed by atoms with van der Waals surface area (Å²) < 4.78 is 0. The van der Waals surface area contributed by atoms with E-state index in [4.69, 9.17) is 4.98 Å². The lowest BCUT2D eigenvalue weighted by molar-refractivity contribution is 0.138. The van der Waals surface area contributed by atoms with Crippen LogP contribution in [0.15, 0.2) is 12.4 Å². The third-order valence-corrected chi connectivity index (χ3v) is 4.17. The van der Waals surface area contributed by atoms with E-state index in [1.54, 1.807) is 0 Å². The minimum Gasteiger partial charge on any atom is -0.352 e. The first-order chi connectivity index (χ1) is 9.88. The highest BCUT2D eigenvalue weighted by Gasteiger charge is 2.31. The fourth-order valence-electron chi connectivity index (χ4n) is 2.56. The number of anilines is 1. The van der Waals surface area contributed by atoms with Crippen molar-refractivity contribution in [3.63, 3.8) is 0 Å². The van der Waals surface area contributed by atoms with Crippen LogP contribution < -0.4 is 10.2 Å². The van der Waals surface area contributed by atoms with Crippen molar-refractivity contribution in [2.24, 2.45) is 5.92 Å². The predicted molar refractivity (Wildman–Crippen MR) is 87.5 cm³/mol. The summed E-state index contributed by atoms with van der Waals surface area (Å²) in [6.07, 6.45) is 3.74. The molecule has 0 aromatic carbocycles. The first kappa shape index (κ1) is 16.2. The quantitative estimate of drug-likeness (QED) is 0.895. The highest BCUT2D eigenvalue weighted by Crippen LogP contribution is 2.22. The summed E-state index contributed by atoms with van der Waals surface area (Å²) in [5.41, 5.74) is 1.19. The van der Waals surface area contributed by atoms with E-state index in [2.05, 4.69) is 54.8 Å². The minimum absolute atomic E-state index is 0.172. The van der Waals surface area contributed by atoms with Crippen LogP contribution in [-0.4, -0.2) is 53.6 Å². The number of aromatic nitrogens is 2. The van der Waals surface area contributed by atoms with Crippen LogP contribution in [0.4, 0.5) is 5.82 Å². The summed E-state index contributed by atoms with van der Waals surface area (Å²) in [6, 6.07) is 0. The van der Waals surface area contributed by atoms with Gasteiger partial charge in [0.15, 0.2) is 0 Å². The van der Waals surface area contributed by atoms with Gasteiger partial charge in [0.1, 0.15) is 5.82 Å². The first-order valence-electron chi connectivity index (χ1n) is 7.86. The van der Waals surface area contributed by atoms with Crippen LogP contribution in [0.3, 0.4) is 0 Å². The van der Waals surface area contributed by atoms with Gasteiger partial charge in [-0.2, -0.15) is 0 Å². The maximum Gasteiger partial charge on any atom is 0.147 e. The average molecular weight is 291 g/mol. The highest BCUT2D eigenvalue weighted by molar-refractivity contribution is 5.38. The zero-order valence-corrected chi connectivity index (χ0v) is 14.1. The molecule has 0 radical (unpaired) electrons. The Morgan fingerprint density at radius 1 is 1.29 bits per heavy atom. The molecule has 2 heterocycles. The lowest BCUT2D eigenvalue weighted by atomic mass is 10.00. The second kappa shape index (κ2) is 6.71. The molecule has 5 heteroatoms. The molecule has 0 unspecified atom stereocenters. The molecular weight excluding hydrogens is 262 g/mol. The molecule has 0 atom stereocenters. The van der Waals surface area contributed by atoms with Gasteiger partial charge in [0.2, 0.25) is 0 Å². The van der Waals surface area contributed by atoms with Crippen LogP contribution in [-0.2, 0) is 6.54 Å². The van der Waals surface area contributed by atoms with Gasteiger partial charge in [-0.1, -0.05) is 13.8 Å². The van der Waals surface area contributed by atoms with Gasteiger partial charge in [-0.3, -0.25) is 9.88 Å². The summed E-state index contributed by atoms with van der Waals surface area (Å²) in [5.74, 6) is 1.65. The Kier molecular flexibility index (Phi) is 5.17. The van der Waals surface area contributed by atoms with Crippen molar-refractivity contribution >= 4 is 5.82 Å². The van der Waals surface area contributed by atoms with Gasteiger partial charge in [-0.05, 0) is 33.4 Å². The molecule has 2 rings (SSSR count). The fraction of sp³-hybridized carbons (Fsp3) is 0.750. The van der Waals surface area contributed by atoms with Crippen LogP contribution in [0.5, 0.6) is 0 Å². The summed E-state index contributed by atoms with van der Waals surface area (Å²) in [5, 5.41) is 3.43. The molecule has 21 heavy (non-hydrogen) atoms. The Morgan fingerprint density at radius 3 is 2.71 bits per heavy atom. The van der Waals surface area contributed by atoms with Gasteiger partial charge in [0.25, 0.3) is 0 Å². The number of hydrogen-bond acceptors (Lipinski definition) is 5. The monoisotopic (exact) mass is 291 g/mol. The largest absolute Gasteiger partial charge is 0.352 e. The first-order valence-corrected chi connectivity index (χ1v) is 7.86. The van der Waals surface area contributed by atoms with Gasteiger partial charge in [0, 0.05) is 37.9 Å². The lowest BCUT2D eigenvalue weighted by Crippen LogP contribution is -2.57.